The highest BCUT2D eigenvalue weighted by Gasteiger charge is 2.43. The lowest BCUT2D eigenvalue weighted by atomic mass is 9.97. The molecule has 2 heterocycles. The van der Waals surface area contributed by atoms with Crippen LogP contribution in [0.2, 0.25) is 0 Å². The molecule has 1 N–H and O–H groups in total. The summed E-state index contributed by atoms with van der Waals surface area (Å²) in [5.74, 6) is 0.986. The van der Waals surface area contributed by atoms with E-state index in [0.717, 1.165) is 12.1 Å². The van der Waals surface area contributed by atoms with Gasteiger partial charge in [-0.05, 0) is 18.2 Å². The van der Waals surface area contributed by atoms with E-state index in [0.29, 0.717) is 34.6 Å². The van der Waals surface area contributed by atoms with Crippen molar-refractivity contribution in [3.63, 3.8) is 0 Å². The first-order chi connectivity index (χ1) is 14.5. The summed E-state index contributed by atoms with van der Waals surface area (Å²) in [5, 5.41) is 0.419. The monoisotopic (exact) mass is 409 g/mol. The van der Waals surface area contributed by atoms with Gasteiger partial charge >= 0.3 is 0 Å². The predicted octanol–water partition coefficient (Wildman–Crippen LogP) is 1.50. The van der Waals surface area contributed by atoms with E-state index in [-0.39, 0.29) is 17.1 Å². The van der Waals surface area contributed by atoms with Gasteiger partial charge in [0.2, 0.25) is 5.76 Å². The summed E-state index contributed by atoms with van der Waals surface area (Å²) >= 11 is 0. The zero-order valence-electron chi connectivity index (χ0n) is 17.5. The van der Waals surface area contributed by atoms with Crippen molar-refractivity contribution in [3.05, 3.63) is 69.6 Å². The van der Waals surface area contributed by atoms with E-state index in [1.54, 1.807) is 37.3 Å². The molecule has 156 valence electrons. The maximum atomic E-state index is 13.5. The van der Waals surface area contributed by atoms with Gasteiger partial charge in [0.25, 0.3) is 5.91 Å². The molecule has 1 amide bonds. The maximum Gasteiger partial charge on any atom is 0.291 e. The zero-order valence-corrected chi connectivity index (χ0v) is 17.5. The molecular formula is C23H25N2O5+. The molecule has 7 heteroatoms. The first-order valence-corrected chi connectivity index (χ1v) is 9.84. The van der Waals surface area contributed by atoms with Crippen molar-refractivity contribution in [2.45, 2.75) is 6.04 Å². The van der Waals surface area contributed by atoms with E-state index in [9.17, 15) is 9.59 Å². The lowest BCUT2D eigenvalue weighted by Gasteiger charge is -2.26. The molecule has 1 aliphatic heterocycles. The third-order valence-corrected chi connectivity index (χ3v) is 5.46. The number of fused-ring (bicyclic) bond motifs is 2. The SMILES string of the molecule is COc1ccc2c(=O)c3c(oc2c1)C(=O)N(CC[NH+](C)C)[C@@H]3c1ccccc1OC. The zero-order chi connectivity index (χ0) is 21.4. The van der Waals surface area contributed by atoms with E-state index < -0.39 is 6.04 Å². The molecule has 1 aliphatic rings. The lowest BCUT2D eigenvalue weighted by Crippen LogP contribution is -3.06. The lowest BCUT2D eigenvalue weighted by molar-refractivity contribution is -0.857. The molecule has 30 heavy (non-hydrogen) atoms. The Morgan fingerprint density at radius 1 is 1.07 bits per heavy atom. The summed E-state index contributed by atoms with van der Waals surface area (Å²) in [7, 11) is 7.17. The fourth-order valence-electron chi connectivity index (χ4n) is 3.92. The molecule has 0 unspecified atom stereocenters. The minimum atomic E-state index is -0.564. The smallest absolute Gasteiger partial charge is 0.291 e. The van der Waals surface area contributed by atoms with Gasteiger partial charge in [0.15, 0.2) is 5.43 Å². The summed E-state index contributed by atoms with van der Waals surface area (Å²) < 4.78 is 16.8. The number of rotatable bonds is 6. The summed E-state index contributed by atoms with van der Waals surface area (Å²) in [6.07, 6.45) is 0. The Morgan fingerprint density at radius 2 is 1.83 bits per heavy atom. The number of hydrogen-bond donors (Lipinski definition) is 1. The second kappa shape index (κ2) is 7.84. The first-order valence-electron chi connectivity index (χ1n) is 9.84. The number of nitrogens with one attached hydrogen (secondary N) is 1. The number of amides is 1. The van der Waals surface area contributed by atoms with Crippen LogP contribution < -0.4 is 19.8 Å². The molecule has 0 fully saturated rings. The van der Waals surface area contributed by atoms with E-state index in [1.165, 1.54) is 4.90 Å². The number of likely N-dealkylation sites (N-methyl/N-ethyl adjacent to an activating group) is 1. The molecule has 1 aromatic heterocycles. The summed E-state index contributed by atoms with van der Waals surface area (Å²) in [5.41, 5.74) is 1.25. The third-order valence-electron chi connectivity index (χ3n) is 5.46. The molecule has 7 nitrogen and oxygen atoms in total. The number of benzene rings is 2. The average molecular weight is 409 g/mol. The molecule has 0 radical (unpaired) electrons. The third kappa shape index (κ3) is 3.21. The topological polar surface area (TPSA) is 73.4 Å². The van der Waals surface area contributed by atoms with Gasteiger partial charge in [-0.1, -0.05) is 18.2 Å². The molecular weight excluding hydrogens is 384 g/mol. The van der Waals surface area contributed by atoms with Crippen molar-refractivity contribution >= 4 is 16.9 Å². The number of carbonyl (C=O) groups is 1. The quantitative estimate of drug-likeness (QED) is 0.668. The molecule has 0 saturated carbocycles. The van der Waals surface area contributed by atoms with Gasteiger partial charge in [-0.25, -0.2) is 0 Å². The van der Waals surface area contributed by atoms with E-state index in [4.69, 9.17) is 13.9 Å². The second-order valence-electron chi connectivity index (χ2n) is 7.64. The fraction of sp³-hybridized carbons (Fsp3) is 0.304. The van der Waals surface area contributed by atoms with Crippen molar-refractivity contribution in [1.82, 2.24) is 4.90 Å². The van der Waals surface area contributed by atoms with Gasteiger partial charge in [-0.3, -0.25) is 9.59 Å². The van der Waals surface area contributed by atoms with Crippen LogP contribution in [0, 0.1) is 0 Å². The normalized spacial score (nSPS) is 15.7. The highest BCUT2D eigenvalue weighted by atomic mass is 16.5. The molecule has 0 saturated heterocycles. The van der Waals surface area contributed by atoms with Crippen LogP contribution in [0.1, 0.15) is 27.7 Å². The van der Waals surface area contributed by atoms with Crippen molar-refractivity contribution < 1.29 is 23.6 Å². The Kier molecular flexibility index (Phi) is 5.22. The van der Waals surface area contributed by atoms with Crippen molar-refractivity contribution in [1.29, 1.82) is 0 Å². The summed E-state index contributed by atoms with van der Waals surface area (Å²) in [6.45, 7) is 1.21. The Balaban J connectivity index is 1.96. The second-order valence-corrected chi connectivity index (χ2v) is 7.64. The number of quaternary nitrogens is 1. The maximum absolute atomic E-state index is 13.5. The molecule has 0 bridgehead atoms. The van der Waals surface area contributed by atoms with Crippen molar-refractivity contribution in [2.75, 3.05) is 41.4 Å². The number of nitrogens with zero attached hydrogens (tertiary/aromatic N) is 1. The Morgan fingerprint density at radius 3 is 2.53 bits per heavy atom. The van der Waals surface area contributed by atoms with Crippen LogP contribution >= 0.6 is 0 Å². The van der Waals surface area contributed by atoms with Gasteiger partial charge < -0.3 is 23.7 Å². The number of methoxy groups -OCH3 is 2. The first kappa shape index (κ1) is 20.0. The number of para-hydroxylation sites is 1. The summed E-state index contributed by atoms with van der Waals surface area (Å²) in [6, 6.07) is 11.9. The molecule has 3 aromatic rings. The van der Waals surface area contributed by atoms with E-state index in [2.05, 4.69) is 0 Å². The predicted molar refractivity (Wildman–Crippen MR) is 113 cm³/mol. The largest absolute Gasteiger partial charge is 0.497 e. The van der Waals surface area contributed by atoms with Gasteiger partial charge in [0, 0.05) is 11.6 Å². The van der Waals surface area contributed by atoms with Crippen LogP contribution in [0.5, 0.6) is 11.5 Å². The van der Waals surface area contributed by atoms with Crippen LogP contribution in [0.4, 0.5) is 0 Å². The number of carbonyl (C=O) groups excluding carboxylic acids is 1. The highest BCUT2D eigenvalue weighted by molar-refractivity contribution is 5.99. The van der Waals surface area contributed by atoms with E-state index in [1.807, 2.05) is 38.4 Å². The van der Waals surface area contributed by atoms with Gasteiger partial charge in [0.1, 0.15) is 17.1 Å². The Bertz CT molecular complexity index is 1170. The molecule has 0 aliphatic carbocycles. The molecule has 2 aromatic carbocycles. The van der Waals surface area contributed by atoms with Crippen molar-refractivity contribution in [2.24, 2.45) is 0 Å². The highest BCUT2D eigenvalue weighted by Crippen LogP contribution is 2.41. The average Bonchev–Trinajstić information content (AvgIpc) is 3.03. The van der Waals surface area contributed by atoms with Crippen LogP contribution in [-0.2, 0) is 0 Å². The minimum absolute atomic E-state index is 0.0883. The van der Waals surface area contributed by atoms with Crippen LogP contribution in [0.3, 0.4) is 0 Å². The van der Waals surface area contributed by atoms with Crippen molar-refractivity contribution in [3.8, 4) is 11.5 Å². The number of ether oxygens (including phenoxy) is 2. The standard InChI is InChI=1S/C23H24N2O5/c1-24(2)11-12-25-20(15-7-5-6-8-17(15)29-4)19-21(26)16-10-9-14(28-3)13-18(16)30-22(19)23(25)27/h5-10,13,20H,11-12H2,1-4H3/p+1/t20-/m1/s1. The van der Waals surface area contributed by atoms with Gasteiger partial charge in [0.05, 0.1) is 58.4 Å². The van der Waals surface area contributed by atoms with Gasteiger partial charge in [-0.15, -0.1) is 0 Å². The van der Waals surface area contributed by atoms with Crippen LogP contribution in [0.15, 0.2) is 51.7 Å². The Labute approximate surface area is 174 Å². The molecule has 1 atom stereocenters. The summed E-state index contributed by atoms with van der Waals surface area (Å²) in [4.78, 5) is 29.8. The van der Waals surface area contributed by atoms with Crippen LogP contribution in [-0.4, -0.2) is 52.2 Å². The molecule has 0 spiro atoms. The van der Waals surface area contributed by atoms with E-state index >= 15 is 0 Å². The molecule has 4 rings (SSSR count). The fourth-order valence-corrected chi connectivity index (χ4v) is 3.92. The van der Waals surface area contributed by atoms with Gasteiger partial charge in [-0.2, -0.15) is 0 Å². The Hall–Kier alpha value is -3.32. The minimum Gasteiger partial charge on any atom is -0.497 e. The number of hydrogen-bond acceptors (Lipinski definition) is 5. The van der Waals surface area contributed by atoms with Crippen LogP contribution in [0.25, 0.3) is 11.0 Å².